The molecule has 24 heavy (non-hydrogen) atoms. The number of carboxylic acids is 1. The maximum Gasteiger partial charge on any atom is 0.320 e. The molecule has 1 aliphatic heterocycles. The fourth-order valence-corrected chi connectivity index (χ4v) is 3.42. The summed E-state index contributed by atoms with van der Waals surface area (Å²) in [7, 11) is 0. The van der Waals surface area contributed by atoms with Gasteiger partial charge in [-0.25, -0.2) is 0 Å². The van der Waals surface area contributed by atoms with Crippen molar-refractivity contribution in [2.75, 3.05) is 13.2 Å². The highest BCUT2D eigenvalue weighted by atomic mass is 16.5. The van der Waals surface area contributed by atoms with Gasteiger partial charge in [0.25, 0.3) is 0 Å². The smallest absolute Gasteiger partial charge is 0.320 e. The maximum absolute atomic E-state index is 11.7. The van der Waals surface area contributed by atoms with Crippen LogP contribution in [0.5, 0.6) is 5.75 Å². The second-order valence-corrected chi connectivity index (χ2v) is 5.93. The molecule has 1 aliphatic rings. The summed E-state index contributed by atoms with van der Waals surface area (Å²) >= 11 is 0. The van der Waals surface area contributed by atoms with E-state index in [4.69, 9.17) is 4.74 Å². The molecular weight excluding hydrogens is 304 g/mol. The Morgan fingerprint density at radius 1 is 1.38 bits per heavy atom. The van der Waals surface area contributed by atoms with E-state index in [2.05, 4.69) is 9.88 Å². The molecular formula is C19H22N2O3. The van der Waals surface area contributed by atoms with Crippen molar-refractivity contribution in [1.29, 1.82) is 0 Å². The first-order chi connectivity index (χ1) is 11.7. The molecule has 1 aromatic heterocycles. The number of hydrogen-bond acceptors (Lipinski definition) is 4. The molecule has 2 unspecified atom stereocenters. The lowest BCUT2D eigenvalue weighted by atomic mass is 9.97. The van der Waals surface area contributed by atoms with Gasteiger partial charge in [0.05, 0.1) is 12.6 Å². The number of aromatic nitrogens is 1. The second-order valence-electron chi connectivity index (χ2n) is 5.93. The molecule has 0 radical (unpaired) electrons. The van der Waals surface area contributed by atoms with Gasteiger partial charge < -0.3 is 9.84 Å². The zero-order chi connectivity index (χ0) is 16.9. The van der Waals surface area contributed by atoms with Crippen LogP contribution >= 0.6 is 0 Å². The van der Waals surface area contributed by atoms with E-state index in [1.807, 2.05) is 49.5 Å². The van der Waals surface area contributed by atoms with Crippen molar-refractivity contribution < 1.29 is 14.6 Å². The lowest BCUT2D eigenvalue weighted by molar-refractivity contribution is -0.142. The van der Waals surface area contributed by atoms with Crippen LogP contribution in [0.25, 0.3) is 0 Å². The van der Waals surface area contributed by atoms with Crippen LogP contribution in [0.4, 0.5) is 0 Å². The minimum atomic E-state index is -0.762. The molecule has 1 fully saturated rings. The van der Waals surface area contributed by atoms with Crippen molar-refractivity contribution in [3.8, 4) is 5.75 Å². The number of nitrogens with zero attached hydrogens (tertiary/aromatic N) is 2. The molecule has 0 aliphatic carbocycles. The Bertz CT molecular complexity index is 690. The summed E-state index contributed by atoms with van der Waals surface area (Å²) < 4.78 is 5.62. The number of hydrogen-bond donors (Lipinski definition) is 1. The number of ether oxygens (including phenoxy) is 1. The summed E-state index contributed by atoms with van der Waals surface area (Å²) in [4.78, 5) is 18.0. The van der Waals surface area contributed by atoms with Crippen molar-refractivity contribution >= 4 is 5.97 Å². The zero-order valence-electron chi connectivity index (χ0n) is 13.8. The van der Waals surface area contributed by atoms with Gasteiger partial charge >= 0.3 is 5.97 Å². The molecule has 2 heterocycles. The Labute approximate surface area is 141 Å². The van der Waals surface area contributed by atoms with E-state index >= 15 is 0 Å². The number of pyridine rings is 1. The van der Waals surface area contributed by atoms with E-state index in [9.17, 15) is 9.90 Å². The maximum atomic E-state index is 11.7. The molecule has 2 aromatic rings. The van der Waals surface area contributed by atoms with Crippen LogP contribution in [0.2, 0.25) is 0 Å². The summed E-state index contributed by atoms with van der Waals surface area (Å²) in [6.45, 7) is 3.31. The SMILES string of the molecule is CCOc1cccc(C(c2cccnc2)N2CCCC2C(=O)O)c1. The van der Waals surface area contributed by atoms with Crippen molar-refractivity contribution in [1.82, 2.24) is 9.88 Å². The van der Waals surface area contributed by atoms with Crippen molar-refractivity contribution in [3.05, 3.63) is 59.9 Å². The standard InChI is InChI=1S/C19H22N2O3/c1-2-24-16-8-3-6-14(12-16)18(15-7-4-10-20-13-15)21-11-5-9-17(21)19(22)23/h3-4,6-8,10,12-13,17-18H,2,5,9,11H2,1H3,(H,22,23). The van der Waals surface area contributed by atoms with Gasteiger partial charge in [-0.15, -0.1) is 0 Å². The van der Waals surface area contributed by atoms with Crippen LogP contribution in [0.15, 0.2) is 48.8 Å². The fraction of sp³-hybridized carbons (Fsp3) is 0.368. The van der Waals surface area contributed by atoms with Crippen LogP contribution < -0.4 is 4.74 Å². The van der Waals surface area contributed by atoms with Crippen LogP contribution in [0, 0.1) is 0 Å². The predicted molar refractivity (Wildman–Crippen MR) is 91.1 cm³/mol. The Kier molecular flexibility index (Phi) is 5.11. The number of carbonyl (C=O) groups is 1. The highest BCUT2D eigenvalue weighted by Gasteiger charge is 2.37. The van der Waals surface area contributed by atoms with Crippen LogP contribution in [0.1, 0.15) is 36.9 Å². The van der Waals surface area contributed by atoms with Crippen LogP contribution in [0.3, 0.4) is 0 Å². The fourth-order valence-electron chi connectivity index (χ4n) is 3.42. The average Bonchev–Trinajstić information content (AvgIpc) is 3.06. The molecule has 0 saturated carbocycles. The molecule has 2 atom stereocenters. The monoisotopic (exact) mass is 326 g/mol. The Morgan fingerprint density at radius 3 is 2.92 bits per heavy atom. The molecule has 5 nitrogen and oxygen atoms in total. The Morgan fingerprint density at radius 2 is 2.21 bits per heavy atom. The van der Waals surface area contributed by atoms with E-state index in [0.29, 0.717) is 13.0 Å². The van der Waals surface area contributed by atoms with Crippen LogP contribution in [-0.2, 0) is 4.79 Å². The third-order valence-corrected chi connectivity index (χ3v) is 4.40. The first kappa shape index (κ1) is 16.5. The number of aliphatic carboxylic acids is 1. The van der Waals surface area contributed by atoms with E-state index in [-0.39, 0.29) is 6.04 Å². The van der Waals surface area contributed by atoms with Gasteiger partial charge in [-0.1, -0.05) is 18.2 Å². The van der Waals surface area contributed by atoms with E-state index in [1.54, 1.807) is 6.20 Å². The summed E-state index contributed by atoms with van der Waals surface area (Å²) in [5.74, 6) is 0.0392. The first-order valence-corrected chi connectivity index (χ1v) is 8.32. The Hall–Kier alpha value is -2.40. The predicted octanol–water partition coefficient (Wildman–Crippen LogP) is 3.12. The first-order valence-electron chi connectivity index (χ1n) is 8.32. The van der Waals surface area contributed by atoms with Gasteiger partial charge in [0.2, 0.25) is 0 Å². The molecule has 0 amide bonds. The summed E-state index contributed by atoms with van der Waals surface area (Å²) in [6, 6.07) is 11.2. The third kappa shape index (κ3) is 3.41. The molecule has 1 aromatic carbocycles. The van der Waals surface area contributed by atoms with Gasteiger partial charge in [-0.05, 0) is 49.1 Å². The van der Waals surface area contributed by atoms with Crippen LogP contribution in [-0.4, -0.2) is 40.2 Å². The summed E-state index contributed by atoms with van der Waals surface area (Å²) in [5, 5.41) is 9.58. The van der Waals surface area contributed by atoms with E-state index < -0.39 is 12.0 Å². The third-order valence-electron chi connectivity index (χ3n) is 4.40. The van der Waals surface area contributed by atoms with Crippen molar-refractivity contribution in [2.24, 2.45) is 0 Å². The number of likely N-dealkylation sites (tertiary alicyclic amines) is 1. The number of rotatable bonds is 6. The molecule has 0 spiro atoms. The van der Waals surface area contributed by atoms with Gasteiger partial charge in [0, 0.05) is 18.9 Å². The number of carboxylic acid groups (broad SMARTS) is 1. The molecule has 1 saturated heterocycles. The van der Waals surface area contributed by atoms with Crippen molar-refractivity contribution in [2.45, 2.75) is 31.8 Å². The molecule has 0 bridgehead atoms. The number of benzene rings is 1. The van der Waals surface area contributed by atoms with Gasteiger partial charge in [-0.2, -0.15) is 0 Å². The average molecular weight is 326 g/mol. The van der Waals surface area contributed by atoms with E-state index in [1.165, 1.54) is 0 Å². The minimum Gasteiger partial charge on any atom is -0.494 e. The largest absolute Gasteiger partial charge is 0.494 e. The quantitative estimate of drug-likeness (QED) is 0.884. The molecule has 1 N–H and O–H groups in total. The van der Waals surface area contributed by atoms with Gasteiger partial charge in [0.15, 0.2) is 0 Å². The lowest BCUT2D eigenvalue weighted by Gasteiger charge is -2.32. The summed E-state index contributed by atoms with van der Waals surface area (Å²) in [6.07, 6.45) is 5.11. The second kappa shape index (κ2) is 7.45. The van der Waals surface area contributed by atoms with Gasteiger partial charge in [0.1, 0.15) is 11.8 Å². The summed E-state index contributed by atoms with van der Waals surface area (Å²) in [5.41, 5.74) is 2.03. The normalized spacial score (nSPS) is 19.1. The zero-order valence-corrected chi connectivity index (χ0v) is 13.8. The highest BCUT2D eigenvalue weighted by molar-refractivity contribution is 5.74. The molecule has 5 heteroatoms. The topological polar surface area (TPSA) is 62.7 Å². The molecule has 3 rings (SSSR count). The van der Waals surface area contributed by atoms with E-state index in [0.717, 1.165) is 29.8 Å². The van der Waals surface area contributed by atoms with Crippen molar-refractivity contribution in [3.63, 3.8) is 0 Å². The van der Waals surface area contributed by atoms with Gasteiger partial charge in [-0.3, -0.25) is 14.7 Å². The molecule has 126 valence electrons. The minimum absolute atomic E-state index is 0.136. The lowest BCUT2D eigenvalue weighted by Crippen LogP contribution is -2.39. The Balaban J connectivity index is 2.03. The highest BCUT2D eigenvalue weighted by Crippen LogP contribution is 2.35.